The Kier molecular flexibility index (Phi) is 3.64. The number of aryl methyl sites for hydroxylation is 3. The molecule has 4 aliphatic rings. The summed E-state index contributed by atoms with van der Waals surface area (Å²) in [6, 6.07) is 28.1. The van der Waals surface area contributed by atoms with Crippen molar-refractivity contribution in [1.82, 2.24) is 0 Å². The minimum Gasteiger partial charge on any atom is -0.342 e. The number of anilines is 4. The Hall–Kier alpha value is -3.72. The molecule has 0 N–H and O–H groups in total. The van der Waals surface area contributed by atoms with Crippen LogP contribution in [0.25, 0.3) is 21.5 Å². The highest BCUT2D eigenvalue weighted by atomic mass is 15.2. The standard InChI is InChI=1S/C33H27BN2/c1-20-16-29-31-30(17-20)36-15-7-13-26-24-11-5-3-9-22(24)19-28(33(26)36)34(31)27-18-21-8-2-4-10-23(21)25-12-6-14-35(29)32(25)27/h2-5,8-11,16-19H,6-7,12-15H2,1H3. The normalized spacial score (nSPS) is 16.8. The van der Waals surface area contributed by atoms with Gasteiger partial charge in [0.25, 0.3) is 6.71 Å². The lowest BCUT2D eigenvalue weighted by Crippen LogP contribution is -2.63. The Morgan fingerprint density at radius 3 is 1.67 bits per heavy atom. The van der Waals surface area contributed by atoms with Crippen LogP contribution >= 0.6 is 0 Å². The van der Waals surface area contributed by atoms with E-state index >= 15 is 0 Å². The van der Waals surface area contributed by atoms with Gasteiger partial charge in [0.1, 0.15) is 0 Å². The Balaban J connectivity index is 1.47. The summed E-state index contributed by atoms with van der Waals surface area (Å²) in [5, 5.41) is 5.66. The monoisotopic (exact) mass is 462 g/mol. The van der Waals surface area contributed by atoms with Gasteiger partial charge in [0.2, 0.25) is 0 Å². The van der Waals surface area contributed by atoms with Crippen molar-refractivity contribution in [2.24, 2.45) is 0 Å². The highest BCUT2D eigenvalue weighted by Gasteiger charge is 2.45. The maximum Gasteiger partial charge on any atom is 0.252 e. The van der Waals surface area contributed by atoms with Gasteiger partial charge < -0.3 is 9.80 Å². The minimum absolute atomic E-state index is 0.288. The SMILES string of the molecule is Cc1cc2c3c(c1)N1CCCc4c1c(cc1ccccc41)B3c1cc3ccccc3c3c1N2CCC3. The van der Waals surface area contributed by atoms with Crippen molar-refractivity contribution in [1.29, 1.82) is 0 Å². The highest BCUT2D eigenvalue weighted by molar-refractivity contribution is 7.00. The summed E-state index contributed by atoms with van der Waals surface area (Å²) in [5.41, 5.74) is 14.9. The molecule has 4 heterocycles. The van der Waals surface area contributed by atoms with Gasteiger partial charge in [-0.2, -0.15) is 0 Å². The fourth-order valence-electron chi connectivity index (χ4n) is 7.97. The quantitative estimate of drug-likeness (QED) is 0.276. The van der Waals surface area contributed by atoms with Crippen LogP contribution in [0, 0.1) is 6.92 Å². The van der Waals surface area contributed by atoms with Crippen molar-refractivity contribution in [2.45, 2.75) is 32.6 Å². The van der Waals surface area contributed by atoms with Crippen molar-refractivity contribution in [2.75, 3.05) is 22.9 Å². The molecule has 0 aromatic heterocycles. The number of fused-ring (bicyclic) bond motifs is 8. The van der Waals surface area contributed by atoms with E-state index in [4.69, 9.17) is 0 Å². The predicted molar refractivity (Wildman–Crippen MR) is 154 cm³/mol. The van der Waals surface area contributed by atoms with Crippen LogP contribution in [0.2, 0.25) is 0 Å². The molecule has 4 aliphatic heterocycles. The molecule has 0 amide bonds. The summed E-state index contributed by atoms with van der Waals surface area (Å²) < 4.78 is 0. The second-order valence-electron chi connectivity index (χ2n) is 11.2. The van der Waals surface area contributed by atoms with Crippen LogP contribution in [0.1, 0.15) is 29.5 Å². The molecule has 0 atom stereocenters. The van der Waals surface area contributed by atoms with E-state index in [2.05, 4.69) is 89.5 Å². The molecule has 0 spiro atoms. The molecule has 0 aliphatic carbocycles. The summed E-state index contributed by atoms with van der Waals surface area (Å²) in [6.45, 7) is 4.79. The predicted octanol–water partition coefficient (Wildman–Crippen LogP) is 5.61. The first-order valence-corrected chi connectivity index (χ1v) is 13.6. The number of benzene rings is 5. The first-order chi connectivity index (χ1) is 17.8. The first-order valence-electron chi connectivity index (χ1n) is 13.6. The number of nitrogens with zero attached hydrogens (tertiary/aromatic N) is 2. The molecule has 0 radical (unpaired) electrons. The van der Waals surface area contributed by atoms with E-state index in [9.17, 15) is 0 Å². The summed E-state index contributed by atoms with van der Waals surface area (Å²) in [5.74, 6) is 0. The molecule has 3 heteroatoms. The van der Waals surface area contributed by atoms with Crippen LogP contribution in [-0.2, 0) is 12.8 Å². The van der Waals surface area contributed by atoms with Gasteiger partial charge in [-0.05, 0) is 99.4 Å². The average molecular weight is 462 g/mol. The Morgan fingerprint density at radius 1 is 0.639 bits per heavy atom. The van der Waals surface area contributed by atoms with Crippen molar-refractivity contribution in [3.8, 4) is 0 Å². The Morgan fingerprint density at radius 2 is 1.14 bits per heavy atom. The van der Waals surface area contributed by atoms with Gasteiger partial charge in [-0.1, -0.05) is 60.7 Å². The molecule has 0 unspecified atom stereocenters. The summed E-state index contributed by atoms with van der Waals surface area (Å²) >= 11 is 0. The van der Waals surface area contributed by atoms with Crippen molar-refractivity contribution in [3.05, 3.63) is 89.5 Å². The van der Waals surface area contributed by atoms with Gasteiger partial charge in [0, 0.05) is 35.8 Å². The molecule has 0 bridgehead atoms. The van der Waals surface area contributed by atoms with Gasteiger partial charge in [-0.15, -0.1) is 0 Å². The largest absolute Gasteiger partial charge is 0.342 e. The van der Waals surface area contributed by atoms with Gasteiger partial charge in [0.15, 0.2) is 0 Å². The van der Waals surface area contributed by atoms with Crippen LogP contribution < -0.4 is 26.2 Å². The highest BCUT2D eigenvalue weighted by Crippen LogP contribution is 2.45. The smallest absolute Gasteiger partial charge is 0.252 e. The summed E-state index contributed by atoms with van der Waals surface area (Å²) in [4.78, 5) is 5.36. The molecule has 9 rings (SSSR count). The van der Waals surface area contributed by atoms with Crippen LogP contribution in [-0.4, -0.2) is 19.8 Å². The Labute approximate surface area is 212 Å². The van der Waals surface area contributed by atoms with Crippen LogP contribution in [0.5, 0.6) is 0 Å². The van der Waals surface area contributed by atoms with Crippen LogP contribution in [0.15, 0.2) is 72.8 Å². The first kappa shape index (κ1) is 19.5. The molecule has 36 heavy (non-hydrogen) atoms. The third kappa shape index (κ3) is 2.30. The van der Waals surface area contributed by atoms with E-state index in [1.165, 1.54) is 91.9 Å². The second kappa shape index (κ2) is 6.73. The average Bonchev–Trinajstić information content (AvgIpc) is 2.92. The van der Waals surface area contributed by atoms with E-state index in [-0.39, 0.29) is 6.71 Å². The molecular formula is C33H27BN2. The molecular weight excluding hydrogens is 435 g/mol. The van der Waals surface area contributed by atoms with E-state index in [1.807, 2.05) is 0 Å². The number of hydrogen-bond donors (Lipinski definition) is 0. The molecule has 0 fully saturated rings. The minimum atomic E-state index is 0.288. The lowest BCUT2D eigenvalue weighted by molar-refractivity contribution is 0.766. The fraction of sp³-hybridized carbons (Fsp3) is 0.212. The van der Waals surface area contributed by atoms with E-state index in [1.54, 1.807) is 11.1 Å². The van der Waals surface area contributed by atoms with Crippen molar-refractivity contribution < 1.29 is 0 Å². The number of hydrogen-bond acceptors (Lipinski definition) is 2. The van der Waals surface area contributed by atoms with E-state index in [0.29, 0.717) is 0 Å². The van der Waals surface area contributed by atoms with E-state index in [0.717, 1.165) is 13.1 Å². The topological polar surface area (TPSA) is 6.48 Å². The summed E-state index contributed by atoms with van der Waals surface area (Å²) in [7, 11) is 0. The third-order valence-corrected chi connectivity index (χ3v) is 9.24. The lowest BCUT2D eigenvalue weighted by Gasteiger charge is -2.48. The third-order valence-electron chi connectivity index (χ3n) is 9.24. The maximum atomic E-state index is 2.68. The van der Waals surface area contributed by atoms with Gasteiger partial charge in [0.05, 0.1) is 0 Å². The molecule has 172 valence electrons. The second-order valence-corrected chi connectivity index (χ2v) is 11.2. The van der Waals surface area contributed by atoms with Gasteiger partial charge in [-0.3, -0.25) is 0 Å². The summed E-state index contributed by atoms with van der Waals surface area (Å²) in [6.07, 6.45) is 4.76. The zero-order chi connectivity index (χ0) is 23.5. The van der Waals surface area contributed by atoms with Crippen LogP contribution in [0.4, 0.5) is 22.7 Å². The van der Waals surface area contributed by atoms with Crippen molar-refractivity contribution >= 4 is 67.4 Å². The molecule has 5 aromatic rings. The zero-order valence-electron chi connectivity index (χ0n) is 20.6. The van der Waals surface area contributed by atoms with Gasteiger partial charge >= 0.3 is 0 Å². The molecule has 2 nitrogen and oxygen atoms in total. The fourth-order valence-corrected chi connectivity index (χ4v) is 7.97. The lowest BCUT2D eigenvalue weighted by atomic mass is 9.32. The van der Waals surface area contributed by atoms with Crippen molar-refractivity contribution in [3.63, 3.8) is 0 Å². The molecule has 0 saturated heterocycles. The molecule has 5 aromatic carbocycles. The molecule has 0 saturated carbocycles. The van der Waals surface area contributed by atoms with E-state index < -0.39 is 0 Å². The van der Waals surface area contributed by atoms with Gasteiger partial charge in [-0.25, -0.2) is 0 Å². The maximum absolute atomic E-state index is 2.68. The zero-order valence-corrected chi connectivity index (χ0v) is 20.6. The van der Waals surface area contributed by atoms with Crippen LogP contribution in [0.3, 0.4) is 0 Å². The Bertz CT molecular complexity index is 1660. The number of rotatable bonds is 0.